The molecule has 5 nitrogen and oxygen atoms in total. The van der Waals surface area contributed by atoms with E-state index in [1.54, 1.807) is 18.3 Å². The summed E-state index contributed by atoms with van der Waals surface area (Å²) in [5.41, 5.74) is 1.33. The molecule has 7 heteroatoms. The van der Waals surface area contributed by atoms with E-state index in [0.717, 1.165) is 6.26 Å². The van der Waals surface area contributed by atoms with Gasteiger partial charge in [-0.05, 0) is 31.0 Å². The molecule has 0 radical (unpaired) electrons. The zero-order valence-electron chi connectivity index (χ0n) is 9.88. The maximum atomic E-state index is 11.3. The summed E-state index contributed by atoms with van der Waals surface area (Å²) in [6, 6.07) is 6.27. The number of hydrogen-bond acceptors (Lipinski definition) is 5. The first-order chi connectivity index (χ1) is 8.38. The van der Waals surface area contributed by atoms with Gasteiger partial charge in [0.25, 0.3) is 0 Å². The van der Waals surface area contributed by atoms with Gasteiger partial charge in [0.15, 0.2) is 9.84 Å². The van der Waals surface area contributed by atoms with Crippen molar-refractivity contribution in [3.05, 3.63) is 36.2 Å². The standard InChI is InChI=1S/C11H14BrN3O2S/c1-14-9(7-12)8-15(13)10-3-5-11(6-4-10)18(2,16)17/h3-6,8H,1,7,13H2,2H3/b9-8-. The smallest absolute Gasteiger partial charge is 0.175 e. The second-order valence-electron chi connectivity index (χ2n) is 3.59. The summed E-state index contributed by atoms with van der Waals surface area (Å²) < 4.78 is 22.6. The van der Waals surface area contributed by atoms with Gasteiger partial charge in [-0.3, -0.25) is 10.0 Å². The van der Waals surface area contributed by atoms with E-state index in [9.17, 15) is 8.42 Å². The quantitative estimate of drug-likeness (QED) is 0.385. The highest BCUT2D eigenvalue weighted by molar-refractivity contribution is 9.09. The number of halogens is 1. The maximum absolute atomic E-state index is 11.3. The molecule has 0 aliphatic heterocycles. The zero-order chi connectivity index (χ0) is 13.8. The Morgan fingerprint density at radius 3 is 2.44 bits per heavy atom. The topological polar surface area (TPSA) is 75.8 Å². The first-order valence-electron chi connectivity index (χ1n) is 4.96. The summed E-state index contributed by atoms with van der Waals surface area (Å²) >= 11 is 3.25. The molecule has 0 fully saturated rings. The molecule has 0 atom stereocenters. The predicted molar refractivity (Wildman–Crippen MR) is 77.6 cm³/mol. The molecular weight excluding hydrogens is 318 g/mol. The number of allylic oxidation sites excluding steroid dienone is 1. The molecule has 1 aromatic rings. The second-order valence-corrected chi connectivity index (χ2v) is 6.16. The largest absolute Gasteiger partial charge is 0.285 e. The van der Waals surface area contributed by atoms with E-state index in [1.165, 1.54) is 17.1 Å². The third-order valence-corrected chi connectivity index (χ3v) is 3.89. The first kappa shape index (κ1) is 14.9. The number of anilines is 1. The molecule has 0 aromatic heterocycles. The number of rotatable bonds is 5. The zero-order valence-corrected chi connectivity index (χ0v) is 12.3. The van der Waals surface area contributed by atoms with Gasteiger partial charge in [0.05, 0.1) is 16.3 Å². The molecule has 0 unspecified atom stereocenters. The molecule has 18 heavy (non-hydrogen) atoms. The van der Waals surface area contributed by atoms with Crippen LogP contribution < -0.4 is 10.9 Å². The molecule has 0 heterocycles. The van der Waals surface area contributed by atoms with Gasteiger partial charge in [-0.2, -0.15) is 0 Å². The van der Waals surface area contributed by atoms with Crippen LogP contribution >= 0.6 is 15.9 Å². The molecule has 0 saturated heterocycles. The highest BCUT2D eigenvalue weighted by Crippen LogP contribution is 2.17. The average Bonchev–Trinajstić information content (AvgIpc) is 2.34. The summed E-state index contributed by atoms with van der Waals surface area (Å²) in [6.07, 6.45) is 2.77. The van der Waals surface area contributed by atoms with Crippen molar-refractivity contribution in [2.75, 3.05) is 16.6 Å². The van der Waals surface area contributed by atoms with Gasteiger partial charge >= 0.3 is 0 Å². The molecule has 1 rings (SSSR count). The predicted octanol–water partition coefficient (Wildman–Crippen LogP) is 1.71. The lowest BCUT2D eigenvalue weighted by atomic mass is 10.3. The van der Waals surface area contributed by atoms with Crippen molar-refractivity contribution in [3.8, 4) is 0 Å². The molecule has 2 N–H and O–H groups in total. The Morgan fingerprint density at radius 2 is 2.06 bits per heavy atom. The van der Waals surface area contributed by atoms with E-state index in [1.807, 2.05) is 0 Å². The van der Waals surface area contributed by atoms with Gasteiger partial charge < -0.3 is 0 Å². The SMILES string of the molecule is C=N/C(=C\N(N)c1ccc(S(C)(=O)=O)cc1)CBr. The van der Waals surface area contributed by atoms with Crippen molar-refractivity contribution in [3.63, 3.8) is 0 Å². The Morgan fingerprint density at radius 1 is 1.50 bits per heavy atom. The number of aliphatic imine (C=N–C) groups is 1. The van der Waals surface area contributed by atoms with E-state index in [0.29, 0.717) is 16.7 Å². The molecule has 0 bridgehead atoms. The number of hydrazine groups is 1. The molecule has 0 amide bonds. The Bertz CT molecular complexity index is 552. The average molecular weight is 332 g/mol. The Hall–Kier alpha value is -1.18. The minimum atomic E-state index is -3.19. The highest BCUT2D eigenvalue weighted by Gasteiger charge is 2.07. The second kappa shape index (κ2) is 6.12. The fourth-order valence-corrected chi connectivity index (χ4v) is 2.17. The van der Waals surface area contributed by atoms with Gasteiger partial charge in [-0.1, -0.05) is 15.9 Å². The number of nitrogens with two attached hydrogens (primary N) is 1. The minimum Gasteiger partial charge on any atom is -0.285 e. The Kier molecular flexibility index (Phi) is 5.06. The van der Waals surface area contributed by atoms with Gasteiger partial charge in [-0.25, -0.2) is 14.3 Å². The minimum absolute atomic E-state index is 0.256. The summed E-state index contributed by atoms with van der Waals surface area (Å²) in [7, 11) is -3.19. The Balaban J connectivity index is 2.99. The molecule has 0 saturated carbocycles. The lowest BCUT2D eigenvalue weighted by Gasteiger charge is -2.14. The van der Waals surface area contributed by atoms with Gasteiger partial charge in [0.1, 0.15) is 0 Å². The molecular formula is C11H14BrN3O2S. The van der Waals surface area contributed by atoms with Crippen LogP contribution in [0, 0.1) is 0 Å². The van der Waals surface area contributed by atoms with E-state index >= 15 is 0 Å². The van der Waals surface area contributed by atoms with Crippen LogP contribution in [-0.2, 0) is 9.84 Å². The Labute approximate surface area is 115 Å². The summed E-state index contributed by atoms with van der Waals surface area (Å²) in [5.74, 6) is 5.81. The van der Waals surface area contributed by atoms with Crippen LogP contribution in [0.3, 0.4) is 0 Å². The number of sulfone groups is 1. The van der Waals surface area contributed by atoms with Crippen LogP contribution in [0.2, 0.25) is 0 Å². The van der Waals surface area contributed by atoms with Crippen molar-refractivity contribution >= 4 is 38.2 Å². The lowest BCUT2D eigenvalue weighted by Crippen LogP contribution is -2.24. The monoisotopic (exact) mass is 331 g/mol. The van der Waals surface area contributed by atoms with Gasteiger partial charge in [0, 0.05) is 17.8 Å². The molecule has 1 aromatic carbocycles. The van der Waals surface area contributed by atoms with E-state index in [2.05, 4.69) is 27.6 Å². The number of nitrogens with zero attached hydrogens (tertiary/aromatic N) is 2. The van der Waals surface area contributed by atoms with E-state index in [-0.39, 0.29) is 4.90 Å². The van der Waals surface area contributed by atoms with Crippen molar-refractivity contribution in [2.24, 2.45) is 10.8 Å². The van der Waals surface area contributed by atoms with Gasteiger partial charge in [-0.15, -0.1) is 0 Å². The van der Waals surface area contributed by atoms with Crippen LogP contribution in [0.5, 0.6) is 0 Å². The van der Waals surface area contributed by atoms with Crippen LogP contribution in [0.4, 0.5) is 5.69 Å². The molecule has 0 aliphatic carbocycles. The highest BCUT2D eigenvalue weighted by atomic mass is 79.9. The van der Waals surface area contributed by atoms with Crippen molar-refractivity contribution in [2.45, 2.75) is 4.90 Å². The normalized spacial score (nSPS) is 12.3. The summed E-state index contributed by atoms with van der Waals surface area (Å²) in [5, 5.41) is 1.89. The van der Waals surface area contributed by atoms with Crippen molar-refractivity contribution < 1.29 is 8.42 Å². The third-order valence-electron chi connectivity index (χ3n) is 2.19. The third kappa shape index (κ3) is 3.94. The fraction of sp³-hybridized carbons (Fsp3) is 0.182. The van der Waals surface area contributed by atoms with Crippen LogP contribution in [0.15, 0.2) is 46.1 Å². The van der Waals surface area contributed by atoms with Crippen LogP contribution in [0.25, 0.3) is 0 Å². The van der Waals surface area contributed by atoms with Crippen molar-refractivity contribution in [1.82, 2.24) is 0 Å². The lowest BCUT2D eigenvalue weighted by molar-refractivity contribution is 0.602. The van der Waals surface area contributed by atoms with E-state index in [4.69, 9.17) is 5.84 Å². The fourth-order valence-electron chi connectivity index (χ4n) is 1.22. The molecule has 0 spiro atoms. The van der Waals surface area contributed by atoms with Gasteiger partial charge in [0.2, 0.25) is 0 Å². The summed E-state index contributed by atoms with van der Waals surface area (Å²) in [6.45, 7) is 3.42. The summed E-state index contributed by atoms with van der Waals surface area (Å²) in [4.78, 5) is 4.03. The number of alkyl halides is 1. The van der Waals surface area contributed by atoms with Crippen molar-refractivity contribution in [1.29, 1.82) is 0 Å². The van der Waals surface area contributed by atoms with E-state index < -0.39 is 9.84 Å². The first-order valence-corrected chi connectivity index (χ1v) is 7.97. The van der Waals surface area contributed by atoms with Crippen LogP contribution in [0.1, 0.15) is 0 Å². The number of benzene rings is 1. The molecule has 0 aliphatic rings. The number of hydrogen-bond donors (Lipinski definition) is 1. The molecule has 98 valence electrons. The maximum Gasteiger partial charge on any atom is 0.175 e. The van der Waals surface area contributed by atoms with Crippen LogP contribution in [-0.4, -0.2) is 26.7 Å².